The van der Waals surface area contributed by atoms with Gasteiger partial charge in [-0.3, -0.25) is 4.79 Å². The van der Waals surface area contributed by atoms with Crippen LogP contribution in [0, 0.1) is 5.92 Å². The van der Waals surface area contributed by atoms with Gasteiger partial charge in [0.15, 0.2) is 0 Å². The highest BCUT2D eigenvalue weighted by molar-refractivity contribution is 5.85. The molecule has 3 rings (SSSR count). The third-order valence-corrected chi connectivity index (χ3v) is 5.07. The van der Waals surface area contributed by atoms with Gasteiger partial charge < -0.3 is 15.3 Å². The van der Waals surface area contributed by atoms with Crippen molar-refractivity contribution in [1.29, 1.82) is 0 Å². The highest BCUT2D eigenvalue weighted by atomic mass is 16.4. The predicted octanol–water partition coefficient (Wildman–Crippen LogP) is 1.37. The van der Waals surface area contributed by atoms with Crippen molar-refractivity contribution in [2.75, 3.05) is 6.54 Å². The Morgan fingerprint density at radius 1 is 1.05 bits per heavy atom. The summed E-state index contributed by atoms with van der Waals surface area (Å²) in [6, 6.07) is 0.0316. The van der Waals surface area contributed by atoms with E-state index in [0.717, 1.165) is 38.5 Å². The first-order valence-corrected chi connectivity index (χ1v) is 7.94. The molecule has 1 heterocycles. The monoisotopic (exact) mass is 280 g/mol. The molecule has 3 atom stereocenters. The summed E-state index contributed by atoms with van der Waals surface area (Å²) in [5.41, 5.74) is 0. The van der Waals surface area contributed by atoms with E-state index in [1.54, 1.807) is 4.90 Å². The smallest absolute Gasteiger partial charge is 0.326 e. The van der Waals surface area contributed by atoms with Crippen LogP contribution >= 0.6 is 0 Å². The molecule has 5 heteroatoms. The van der Waals surface area contributed by atoms with Crippen LogP contribution in [-0.2, 0) is 9.59 Å². The molecule has 1 amide bonds. The molecule has 0 aromatic heterocycles. The van der Waals surface area contributed by atoms with Gasteiger partial charge in [0, 0.05) is 12.1 Å². The molecule has 0 spiro atoms. The molecule has 3 aliphatic rings. The lowest BCUT2D eigenvalue weighted by Gasteiger charge is -2.47. The standard InChI is InChI=1S/C15H24N2O3/c18-14(9-16-11-6-7-11)17-12-4-2-1-3-10(12)5-8-13(17)15(19)20/h10-13,16H,1-9H2,(H,19,20). The number of aliphatic carboxylic acids is 1. The van der Waals surface area contributed by atoms with Crippen LogP contribution in [0.25, 0.3) is 0 Å². The Bertz CT molecular complexity index is 395. The lowest BCUT2D eigenvalue weighted by Crippen LogP contribution is -2.59. The number of carbonyl (C=O) groups is 2. The summed E-state index contributed by atoms with van der Waals surface area (Å²) < 4.78 is 0. The Labute approximate surface area is 119 Å². The Kier molecular flexibility index (Phi) is 3.96. The summed E-state index contributed by atoms with van der Waals surface area (Å²) in [4.78, 5) is 25.7. The van der Waals surface area contributed by atoms with E-state index in [2.05, 4.69) is 5.32 Å². The van der Waals surface area contributed by atoms with Gasteiger partial charge in [0.05, 0.1) is 6.54 Å². The van der Waals surface area contributed by atoms with Gasteiger partial charge in [-0.2, -0.15) is 0 Å². The number of likely N-dealkylation sites (tertiary alicyclic amines) is 1. The van der Waals surface area contributed by atoms with E-state index in [1.165, 1.54) is 6.42 Å². The van der Waals surface area contributed by atoms with E-state index in [9.17, 15) is 14.7 Å². The summed E-state index contributed by atoms with van der Waals surface area (Å²) in [6.07, 6.45) is 8.32. The van der Waals surface area contributed by atoms with Gasteiger partial charge in [-0.25, -0.2) is 4.79 Å². The van der Waals surface area contributed by atoms with Crippen molar-refractivity contribution in [3.63, 3.8) is 0 Å². The van der Waals surface area contributed by atoms with E-state index >= 15 is 0 Å². The molecular formula is C15H24N2O3. The number of carboxylic acids is 1. The Balaban J connectivity index is 1.71. The Morgan fingerprint density at radius 3 is 2.50 bits per heavy atom. The summed E-state index contributed by atoms with van der Waals surface area (Å²) in [5, 5.41) is 12.6. The van der Waals surface area contributed by atoms with Crippen LogP contribution in [0.4, 0.5) is 0 Å². The molecule has 20 heavy (non-hydrogen) atoms. The molecule has 112 valence electrons. The lowest BCUT2D eigenvalue weighted by atomic mass is 9.76. The lowest BCUT2D eigenvalue weighted by molar-refractivity contribution is -0.157. The molecule has 0 radical (unpaired) electrons. The number of carbonyl (C=O) groups excluding carboxylic acids is 1. The molecule has 5 nitrogen and oxygen atoms in total. The number of hydrogen-bond acceptors (Lipinski definition) is 3. The van der Waals surface area contributed by atoms with E-state index < -0.39 is 12.0 Å². The van der Waals surface area contributed by atoms with Crippen molar-refractivity contribution >= 4 is 11.9 Å². The third-order valence-electron chi connectivity index (χ3n) is 5.07. The fourth-order valence-corrected chi connectivity index (χ4v) is 3.84. The fraction of sp³-hybridized carbons (Fsp3) is 0.867. The van der Waals surface area contributed by atoms with Crippen LogP contribution in [0.5, 0.6) is 0 Å². The van der Waals surface area contributed by atoms with E-state index in [4.69, 9.17) is 0 Å². The number of hydrogen-bond donors (Lipinski definition) is 2. The first-order valence-electron chi connectivity index (χ1n) is 7.94. The highest BCUT2D eigenvalue weighted by Crippen LogP contribution is 2.38. The first-order chi connectivity index (χ1) is 9.66. The molecular weight excluding hydrogens is 256 g/mol. The van der Waals surface area contributed by atoms with Crippen LogP contribution in [0.2, 0.25) is 0 Å². The van der Waals surface area contributed by atoms with Crippen molar-refractivity contribution < 1.29 is 14.7 Å². The normalized spacial score (nSPS) is 33.6. The van der Waals surface area contributed by atoms with Gasteiger partial charge in [-0.1, -0.05) is 12.8 Å². The largest absolute Gasteiger partial charge is 0.480 e. The summed E-state index contributed by atoms with van der Waals surface area (Å²) in [5.74, 6) is -0.334. The highest BCUT2D eigenvalue weighted by Gasteiger charge is 2.43. The molecule has 1 saturated heterocycles. The van der Waals surface area contributed by atoms with Crippen LogP contribution in [0.3, 0.4) is 0 Å². The minimum Gasteiger partial charge on any atom is -0.480 e. The molecule has 0 aromatic carbocycles. The zero-order chi connectivity index (χ0) is 14.1. The number of nitrogens with one attached hydrogen (secondary N) is 1. The maximum Gasteiger partial charge on any atom is 0.326 e. The third kappa shape index (κ3) is 2.82. The number of amides is 1. The van der Waals surface area contributed by atoms with Crippen molar-refractivity contribution in [1.82, 2.24) is 10.2 Å². The Hall–Kier alpha value is -1.10. The zero-order valence-electron chi connectivity index (χ0n) is 11.9. The molecule has 0 bridgehead atoms. The molecule has 3 fully saturated rings. The number of rotatable bonds is 4. The number of carboxylic acid groups (broad SMARTS) is 1. The second-order valence-corrected chi connectivity index (χ2v) is 6.50. The SMILES string of the molecule is O=C(O)C1CCC2CCCCC2N1C(=O)CNC1CC1. The minimum atomic E-state index is -0.839. The second kappa shape index (κ2) is 5.72. The topological polar surface area (TPSA) is 69.6 Å². The van der Waals surface area contributed by atoms with Crippen molar-refractivity contribution in [3.05, 3.63) is 0 Å². The number of fused-ring (bicyclic) bond motifs is 1. The van der Waals surface area contributed by atoms with E-state index in [0.29, 0.717) is 24.9 Å². The minimum absolute atomic E-state index is 0.0131. The number of nitrogens with zero attached hydrogens (tertiary/aromatic N) is 1. The summed E-state index contributed by atoms with van der Waals surface area (Å²) in [7, 11) is 0. The number of piperidine rings is 1. The van der Waals surface area contributed by atoms with Gasteiger partial charge >= 0.3 is 5.97 Å². The summed E-state index contributed by atoms with van der Waals surface area (Å²) >= 11 is 0. The fourth-order valence-electron chi connectivity index (χ4n) is 3.84. The quantitative estimate of drug-likeness (QED) is 0.816. The van der Waals surface area contributed by atoms with Gasteiger partial charge in [0.1, 0.15) is 6.04 Å². The molecule has 3 unspecified atom stereocenters. The van der Waals surface area contributed by atoms with Crippen molar-refractivity contribution in [2.45, 2.75) is 69.5 Å². The van der Waals surface area contributed by atoms with Crippen molar-refractivity contribution in [2.24, 2.45) is 5.92 Å². The molecule has 0 aromatic rings. The van der Waals surface area contributed by atoms with E-state index in [1.807, 2.05) is 0 Å². The first kappa shape index (κ1) is 13.9. The van der Waals surface area contributed by atoms with Gasteiger partial charge in [0.25, 0.3) is 0 Å². The maximum atomic E-state index is 12.5. The maximum absolute atomic E-state index is 12.5. The van der Waals surface area contributed by atoms with Gasteiger partial charge in [-0.15, -0.1) is 0 Å². The Morgan fingerprint density at radius 2 is 1.80 bits per heavy atom. The van der Waals surface area contributed by atoms with Crippen LogP contribution < -0.4 is 5.32 Å². The average molecular weight is 280 g/mol. The van der Waals surface area contributed by atoms with Crippen molar-refractivity contribution in [3.8, 4) is 0 Å². The van der Waals surface area contributed by atoms with Gasteiger partial charge in [-0.05, 0) is 44.4 Å². The molecule has 1 aliphatic heterocycles. The van der Waals surface area contributed by atoms with Crippen LogP contribution in [0.1, 0.15) is 51.4 Å². The van der Waals surface area contributed by atoms with Gasteiger partial charge in [0.2, 0.25) is 5.91 Å². The second-order valence-electron chi connectivity index (χ2n) is 6.50. The molecule has 2 N–H and O–H groups in total. The molecule has 2 saturated carbocycles. The molecule has 2 aliphatic carbocycles. The average Bonchev–Trinajstić information content (AvgIpc) is 3.27. The zero-order valence-corrected chi connectivity index (χ0v) is 11.9. The van der Waals surface area contributed by atoms with E-state index in [-0.39, 0.29) is 11.9 Å². The predicted molar refractivity (Wildman–Crippen MR) is 74.3 cm³/mol. The van der Waals surface area contributed by atoms with Crippen LogP contribution in [0.15, 0.2) is 0 Å². The van der Waals surface area contributed by atoms with Crippen LogP contribution in [-0.4, -0.2) is 46.6 Å². The summed E-state index contributed by atoms with van der Waals surface area (Å²) in [6.45, 7) is 0.303.